The third-order valence-corrected chi connectivity index (χ3v) is 14.3. The molecule has 0 N–H and O–H groups in total. The summed E-state index contributed by atoms with van der Waals surface area (Å²) in [6, 6.07) is 47.3. The zero-order valence-electron chi connectivity index (χ0n) is 23.5. The number of hydrogen-bond donors (Lipinski definition) is 0. The molecule has 0 radical (unpaired) electrons. The first-order chi connectivity index (χ1) is 19.6. The molecule has 0 spiro atoms. The zero-order chi connectivity index (χ0) is 27.3. The minimum Gasteiger partial charge on any atom is -0.0686 e. The third-order valence-electron chi connectivity index (χ3n) is 9.19. The molecule has 2 atom stereocenters. The Balaban J connectivity index is 1.53. The molecule has 0 saturated heterocycles. The van der Waals surface area contributed by atoms with E-state index in [1.807, 2.05) is 0 Å². The van der Waals surface area contributed by atoms with Crippen LogP contribution < -0.4 is 5.19 Å². The van der Waals surface area contributed by atoms with Gasteiger partial charge in [-0.2, -0.15) is 0 Å². The van der Waals surface area contributed by atoms with Crippen LogP contribution in [0.4, 0.5) is 0 Å². The van der Waals surface area contributed by atoms with Crippen molar-refractivity contribution in [3.63, 3.8) is 0 Å². The van der Waals surface area contributed by atoms with Crippen LogP contribution in [0.2, 0.25) is 6.55 Å². The van der Waals surface area contributed by atoms with Crippen molar-refractivity contribution in [2.45, 2.75) is 32.4 Å². The van der Waals surface area contributed by atoms with Gasteiger partial charge in [-0.25, -0.2) is 0 Å². The Morgan fingerprint density at radius 1 is 0.600 bits per heavy atom. The van der Waals surface area contributed by atoms with Gasteiger partial charge in [0.25, 0.3) is 0 Å². The molecule has 5 aromatic carbocycles. The van der Waals surface area contributed by atoms with Gasteiger partial charge in [0.05, 0.1) is 0 Å². The Bertz CT molecular complexity index is 1780. The van der Waals surface area contributed by atoms with Crippen LogP contribution in [-0.4, -0.2) is 8.07 Å². The molecule has 7 rings (SSSR count). The summed E-state index contributed by atoms with van der Waals surface area (Å²) < 4.78 is 0. The maximum absolute atomic E-state index is 2.65. The molecule has 40 heavy (non-hydrogen) atoms. The van der Waals surface area contributed by atoms with E-state index >= 15 is 0 Å². The molecule has 0 heterocycles. The minimum absolute atomic E-state index is 0.348. The highest BCUT2D eigenvalue weighted by Gasteiger charge is 2.49. The average molecular weight is 531 g/mol. The summed E-state index contributed by atoms with van der Waals surface area (Å²) in [7, 11) is -2.41. The van der Waals surface area contributed by atoms with Crippen molar-refractivity contribution < 1.29 is 0 Å². The number of hydrogen-bond acceptors (Lipinski definition) is 0. The van der Waals surface area contributed by atoms with Gasteiger partial charge < -0.3 is 0 Å². The zero-order valence-corrected chi connectivity index (χ0v) is 24.5. The number of allylic oxidation sites excluding steroid dienone is 2. The highest BCUT2D eigenvalue weighted by Crippen LogP contribution is 2.53. The van der Waals surface area contributed by atoms with Crippen LogP contribution >= 0.6 is 0 Å². The summed E-state index contributed by atoms with van der Waals surface area (Å²) in [6.45, 7) is 7.43. The maximum Gasteiger partial charge on any atom is 0.127 e. The van der Waals surface area contributed by atoms with Gasteiger partial charge in [-0.05, 0) is 70.0 Å². The van der Waals surface area contributed by atoms with E-state index in [-0.39, 0.29) is 0 Å². The van der Waals surface area contributed by atoms with Gasteiger partial charge in [-0.3, -0.25) is 0 Å². The standard InChI is InChI=1S/C39H34Si/c1-27-25-31-19-13-23-34(29-15-7-4-8-16-29)36(31)38(27)40(3,33-21-11-6-12-22-33)39-28(2)26-32-20-14-24-35(37(32)39)30-17-9-5-10-18-30/h4-25,38H,26H2,1-3H3. The SMILES string of the molecule is CC1=Cc2cccc(-c3ccccc3)c2C1[Si](C)(C1=C(C)Cc2cccc(-c3ccccc3)c21)c1ccccc1. The largest absolute Gasteiger partial charge is 0.127 e. The highest BCUT2D eigenvalue weighted by molar-refractivity contribution is 7.07. The van der Waals surface area contributed by atoms with Crippen LogP contribution in [0, 0.1) is 0 Å². The lowest BCUT2D eigenvalue weighted by Gasteiger charge is -2.40. The summed E-state index contributed by atoms with van der Waals surface area (Å²) in [5.41, 5.74) is 14.6. The van der Waals surface area contributed by atoms with Gasteiger partial charge in [-0.15, -0.1) is 0 Å². The van der Waals surface area contributed by atoms with Crippen molar-refractivity contribution in [2.75, 3.05) is 0 Å². The van der Waals surface area contributed by atoms with E-state index in [1.54, 1.807) is 5.20 Å². The van der Waals surface area contributed by atoms with E-state index in [4.69, 9.17) is 0 Å². The quantitative estimate of drug-likeness (QED) is 0.198. The molecule has 2 unspecified atom stereocenters. The van der Waals surface area contributed by atoms with Gasteiger partial charge in [0, 0.05) is 5.54 Å². The molecule has 2 aliphatic carbocycles. The Morgan fingerprint density at radius 3 is 1.85 bits per heavy atom. The summed E-state index contributed by atoms with van der Waals surface area (Å²) >= 11 is 0. The lowest BCUT2D eigenvalue weighted by molar-refractivity contribution is 1.09. The van der Waals surface area contributed by atoms with Crippen molar-refractivity contribution in [2.24, 2.45) is 0 Å². The molecular weight excluding hydrogens is 497 g/mol. The fourth-order valence-electron chi connectivity index (χ4n) is 7.63. The van der Waals surface area contributed by atoms with E-state index in [1.165, 1.54) is 60.8 Å². The smallest absolute Gasteiger partial charge is 0.0686 e. The Morgan fingerprint density at radius 2 is 1.18 bits per heavy atom. The van der Waals surface area contributed by atoms with Crippen molar-refractivity contribution in [3.05, 3.63) is 161 Å². The molecule has 0 bridgehead atoms. The van der Waals surface area contributed by atoms with Crippen LogP contribution in [0.1, 0.15) is 41.6 Å². The fraction of sp³-hybridized carbons (Fsp3) is 0.128. The lowest BCUT2D eigenvalue weighted by atomic mass is 9.95. The Kier molecular flexibility index (Phi) is 6.06. The summed E-state index contributed by atoms with van der Waals surface area (Å²) in [4.78, 5) is 0. The molecular formula is C39H34Si. The normalized spacial score (nSPS) is 17.3. The molecule has 0 fully saturated rings. The van der Waals surface area contributed by atoms with Gasteiger partial charge in [0.15, 0.2) is 0 Å². The van der Waals surface area contributed by atoms with Gasteiger partial charge in [0.2, 0.25) is 0 Å². The second-order valence-corrected chi connectivity index (χ2v) is 15.7. The Labute approximate surface area is 239 Å². The fourth-order valence-corrected chi connectivity index (χ4v) is 13.1. The number of fused-ring (bicyclic) bond motifs is 2. The van der Waals surface area contributed by atoms with E-state index in [0.29, 0.717) is 5.54 Å². The van der Waals surface area contributed by atoms with E-state index in [0.717, 1.165) is 6.42 Å². The minimum atomic E-state index is -2.41. The molecule has 2 aliphatic rings. The van der Waals surface area contributed by atoms with Crippen molar-refractivity contribution in [1.82, 2.24) is 0 Å². The van der Waals surface area contributed by atoms with E-state index in [2.05, 4.69) is 154 Å². The summed E-state index contributed by atoms with van der Waals surface area (Å²) in [5, 5.41) is 3.13. The van der Waals surface area contributed by atoms with Crippen molar-refractivity contribution >= 4 is 24.5 Å². The van der Waals surface area contributed by atoms with Gasteiger partial charge in [0.1, 0.15) is 8.07 Å². The first kappa shape index (κ1) is 24.8. The van der Waals surface area contributed by atoms with Crippen LogP contribution in [0.25, 0.3) is 33.5 Å². The van der Waals surface area contributed by atoms with Crippen LogP contribution in [0.3, 0.4) is 0 Å². The van der Waals surface area contributed by atoms with E-state index in [9.17, 15) is 0 Å². The second kappa shape index (κ2) is 9.77. The second-order valence-electron chi connectivity index (χ2n) is 11.6. The topological polar surface area (TPSA) is 0 Å². The summed E-state index contributed by atoms with van der Waals surface area (Å²) in [6.07, 6.45) is 3.50. The first-order valence-electron chi connectivity index (χ1n) is 14.4. The Hall–Kier alpha value is -4.20. The first-order valence-corrected chi connectivity index (χ1v) is 16.9. The highest BCUT2D eigenvalue weighted by atomic mass is 28.3. The molecule has 1 heteroatoms. The van der Waals surface area contributed by atoms with Crippen molar-refractivity contribution in [1.29, 1.82) is 0 Å². The number of rotatable bonds is 5. The predicted molar refractivity (Wildman–Crippen MR) is 174 cm³/mol. The van der Waals surface area contributed by atoms with Crippen molar-refractivity contribution in [3.8, 4) is 22.3 Å². The number of benzene rings is 5. The van der Waals surface area contributed by atoms with Gasteiger partial charge >= 0.3 is 0 Å². The molecule has 0 aliphatic heterocycles. The van der Waals surface area contributed by atoms with Crippen LogP contribution in [0.5, 0.6) is 0 Å². The lowest BCUT2D eigenvalue weighted by Crippen LogP contribution is -2.52. The summed E-state index contributed by atoms with van der Waals surface area (Å²) in [5.74, 6) is 0. The van der Waals surface area contributed by atoms with Crippen LogP contribution in [-0.2, 0) is 6.42 Å². The average Bonchev–Trinajstić information content (AvgIpc) is 3.54. The maximum atomic E-state index is 2.65. The van der Waals surface area contributed by atoms with Gasteiger partial charge in [-0.1, -0.05) is 156 Å². The molecule has 0 aromatic heterocycles. The molecule has 0 saturated carbocycles. The third kappa shape index (κ3) is 3.80. The van der Waals surface area contributed by atoms with E-state index < -0.39 is 8.07 Å². The van der Waals surface area contributed by atoms with Crippen LogP contribution in [0.15, 0.2) is 139 Å². The molecule has 194 valence electrons. The molecule has 0 amide bonds. The monoisotopic (exact) mass is 530 g/mol. The molecule has 5 aromatic rings. The predicted octanol–water partition coefficient (Wildman–Crippen LogP) is 9.62. The molecule has 0 nitrogen and oxygen atoms in total.